The van der Waals surface area contributed by atoms with Crippen LogP contribution in [0.15, 0.2) is 41.6 Å². The van der Waals surface area contributed by atoms with Gasteiger partial charge >= 0.3 is 0 Å². The molecule has 148 valence electrons. The average Bonchev–Trinajstić information content (AvgIpc) is 2.68. The highest BCUT2D eigenvalue weighted by Gasteiger charge is 2.17. The van der Waals surface area contributed by atoms with E-state index < -0.39 is 21.8 Å². The van der Waals surface area contributed by atoms with Gasteiger partial charge in [0.25, 0.3) is 15.9 Å². The molecule has 1 fully saturated rings. The van der Waals surface area contributed by atoms with E-state index in [-0.39, 0.29) is 10.6 Å². The molecule has 2 N–H and O–H groups in total. The zero-order valence-electron chi connectivity index (χ0n) is 15.4. The fourth-order valence-corrected chi connectivity index (χ4v) is 3.92. The van der Waals surface area contributed by atoms with Crippen LogP contribution in [-0.2, 0) is 14.8 Å². The molecule has 9 nitrogen and oxygen atoms in total. The van der Waals surface area contributed by atoms with E-state index >= 15 is 0 Å². The van der Waals surface area contributed by atoms with Crippen molar-refractivity contribution in [2.75, 3.05) is 23.3 Å². The number of nitrogens with one attached hydrogen (secondary N) is 2. The largest absolute Gasteiger partial charge is 0.357 e. The fraction of sp³-hybridized carbons (Fsp3) is 0.333. The van der Waals surface area contributed by atoms with Crippen LogP contribution in [0.3, 0.4) is 0 Å². The molecule has 0 radical (unpaired) electrons. The van der Waals surface area contributed by atoms with E-state index in [1.54, 1.807) is 6.07 Å². The Morgan fingerprint density at radius 3 is 2.36 bits per heavy atom. The minimum absolute atomic E-state index is 0.0740. The Balaban J connectivity index is 1.70. The molecule has 2 heterocycles. The number of aromatic nitrogens is 2. The number of benzene rings is 1. The van der Waals surface area contributed by atoms with Crippen LogP contribution in [0.4, 0.5) is 11.5 Å². The molecule has 1 aromatic carbocycles. The van der Waals surface area contributed by atoms with Crippen molar-refractivity contribution in [3.63, 3.8) is 0 Å². The molecule has 1 aliphatic heterocycles. The standard InChI is InChI=1S/C18H21N5O4S/c1-13(24)22-28(26,27)15-7-5-14(6-8-15)21-18(25)16-11-17(20-12-19-16)23-9-3-2-4-10-23/h5-8,11-12H,2-4,9-10H2,1H3,(H,21,25)(H,22,24). The lowest BCUT2D eigenvalue weighted by Crippen LogP contribution is -2.30. The molecule has 10 heteroatoms. The monoisotopic (exact) mass is 403 g/mol. The van der Waals surface area contributed by atoms with E-state index in [1.807, 2.05) is 4.72 Å². The number of anilines is 2. The molecular formula is C18H21N5O4S. The number of hydrogen-bond acceptors (Lipinski definition) is 7. The summed E-state index contributed by atoms with van der Waals surface area (Å²) in [5.74, 6) is -0.375. The predicted molar refractivity (Wildman–Crippen MR) is 103 cm³/mol. The first-order chi connectivity index (χ1) is 13.3. The molecule has 1 aromatic heterocycles. The highest BCUT2D eigenvalue weighted by Crippen LogP contribution is 2.19. The van der Waals surface area contributed by atoms with Gasteiger partial charge in [0.1, 0.15) is 17.8 Å². The van der Waals surface area contributed by atoms with Crippen LogP contribution >= 0.6 is 0 Å². The lowest BCUT2D eigenvalue weighted by molar-refractivity contribution is -0.117. The second-order valence-corrected chi connectivity index (χ2v) is 8.13. The predicted octanol–water partition coefficient (Wildman–Crippen LogP) is 1.54. The van der Waals surface area contributed by atoms with Crippen LogP contribution in [0.5, 0.6) is 0 Å². The first kappa shape index (κ1) is 19.7. The number of carbonyl (C=O) groups is 2. The SMILES string of the molecule is CC(=O)NS(=O)(=O)c1ccc(NC(=O)c2cc(N3CCCCC3)ncn2)cc1. The summed E-state index contributed by atoms with van der Waals surface area (Å²) in [5, 5.41) is 2.68. The zero-order chi connectivity index (χ0) is 20.1. The minimum Gasteiger partial charge on any atom is -0.357 e. The Hall–Kier alpha value is -3.01. The number of piperidine rings is 1. The smallest absolute Gasteiger partial charge is 0.274 e. The van der Waals surface area contributed by atoms with Crippen LogP contribution in [0.1, 0.15) is 36.7 Å². The molecule has 28 heavy (non-hydrogen) atoms. The van der Waals surface area contributed by atoms with Crippen molar-refractivity contribution in [3.05, 3.63) is 42.4 Å². The van der Waals surface area contributed by atoms with Gasteiger partial charge in [0.15, 0.2) is 0 Å². The summed E-state index contributed by atoms with van der Waals surface area (Å²) in [6, 6.07) is 7.15. The molecule has 2 aromatic rings. The van der Waals surface area contributed by atoms with Crippen LogP contribution in [0.25, 0.3) is 0 Å². The normalized spacial score (nSPS) is 14.4. The van der Waals surface area contributed by atoms with Gasteiger partial charge in [0, 0.05) is 31.8 Å². The molecule has 1 saturated heterocycles. The molecule has 2 amide bonds. The number of sulfonamides is 1. The topological polar surface area (TPSA) is 121 Å². The lowest BCUT2D eigenvalue weighted by atomic mass is 10.1. The van der Waals surface area contributed by atoms with Gasteiger partial charge in [-0.05, 0) is 43.5 Å². The van der Waals surface area contributed by atoms with E-state index in [2.05, 4.69) is 20.2 Å². The van der Waals surface area contributed by atoms with Crippen LogP contribution in [-0.4, -0.2) is 43.3 Å². The highest BCUT2D eigenvalue weighted by molar-refractivity contribution is 7.90. The van der Waals surface area contributed by atoms with Gasteiger partial charge in [-0.25, -0.2) is 23.1 Å². The third kappa shape index (κ3) is 4.83. The van der Waals surface area contributed by atoms with Gasteiger partial charge in [-0.3, -0.25) is 9.59 Å². The minimum atomic E-state index is -3.91. The van der Waals surface area contributed by atoms with Gasteiger partial charge in [-0.15, -0.1) is 0 Å². The van der Waals surface area contributed by atoms with Crippen molar-refractivity contribution in [2.45, 2.75) is 31.1 Å². The third-order valence-electron chi connectivity index (χ3n) is 4.27. The number of nitrogens with zero attached hydrogens (tertiary/aromatic N) is 3. The summed E-state index contributed by atoms with van der Waals surface area (Å²) < 4.78 is 25.8. The highest BCUT2D eigenvalue weighted by atomic mass is 32.2. The van der Waals surface area contributed by atoms with E-state index in [1.165, 1.54) is 37.0 Å². The quantitative estimate of drug-likeness (QED) is 0.777. The fourth-order valence-electron chi connectivity index (χ4n) is 2.93. The maximum atomic E-state index is 12.5. The Kier molecular flexibility index (Phi) is 5.88. The Morgan fingerprint density at radius 2 is 1.71 bits per heavy atom. The number of rotatable bonds is 5. The van der Waals surface area contributed by atoms with Gasteiger partial charge in [-0.1, -0.05) is 0 Å². The van der Waals surface area contributed by atoms with Gasteiger partial charge in [0.2, 0.25) is 5.91 Å². The summed E-state index contributed by atoms with van der Waals surface area (Å²) in [6.07, 6.45) is 4.75. The summed E-state index contributed by atoms with van der Waals surface area (Å²) >= 11 is 0. The van der Waals surface area contributed by atoms with Crippen molar-refractivity contribution in [3.8, 4) is 0 Å². The van der Waals surface area contributed by atoms with Crippen molar-refractivity contribution >= 4 is 33.3 Å². The van der Waals surface area contributed by atoms with Crippen molar-refractivity contribution < 1.29 is 18.0 Å². The Morgan fingerprint density at radius 1 is 1.04 bits per heavy atom. The molecule has 0 saturated carbocycles. The number of amides is 2. The summed E-state index contributed by atoms with van der Waals surface area (Å²) in [5.41, 5.74) is 0.635. The Labute approximate surface area is 163 Å². The molecule has 0 aliphatic carbocycles. The molecule has 1 aliphatic rings. The first-order valence-electron chi connectivity index (χ1n) is 8.87. The van der Waals surface area contributed by atoms with Crippen LogP contribution in [0, 0.1) is 0 Å². The van der Waals surface area contributed by atoms with Crippen molar-refractivity contribution in [2.24, 2.45) is 0 Å². The van der Waals surface area contributed by atoms with Crippen molar-refractivity contribution in [1.82, 2.24) is 14.7 Å². The zero-order valence-corrected chi connectivity index (χ0v) is 16.2. The van der Waals surface area contributed by atoms with Crippen molar-refractivity contribution in [1.29, 1.82) is 0 Å². The van der Waals surface area contributed by atoms with E-state index in [9.17, 15) is 18.0 Å². The van der Waals surface area contributed by atoms with Gasteiger partial charge < -0.3 is 10.2 Å². The van der Waals surface area contributed by atoms with Gasteiger partial charge in [-0.2, -0.15) is 0 Å². The number of carbonyl (C=O) groups excluding carboxylic acids is 2. The van der Waals surface area contributed by atoms with Crippen LogP contribution < -0.4 is 14.9 Å². The maximum Gasteiger partial charge on any atom is 0.274 e. The molecule has 3 rings (SSSR count). The molecule has 0 unspecified atom stereocenters. The molecule has 0 atom stereocenters. The first-order valence-corrected chi connectivity index (χ1v) is 10.4. The molecular weight excluding hydrogens is 382 g/mol. The number of hydrogen-bond donors (Lipinski definition) is 2. The van der Waals surface area contributed by atoms with Gasteiger partial charge in [0.05, 0.1) is 4.90 Å². The Bertz CT molecular complexity index is 970. The third-order valence-corrected chi connectivity index (χ3v) is 5.71. The average molecular weight is 403 g/mol. The summed E-state index contributed by atoms with van der Waals surface area (Å²) in [7, 11) is -3.91. The molecule has 0 spiro atoms. The molecule has 0 bridgehead atoms. The summed E-state index contributed by atoms with van der Waals surface area (Å²) in [6.45, 7) is 2.93. The van der Waals surface area contributed by atoms with E-state index in [0.29, 0.717) is 5.69 Å². The lowest BCUT2D eigenvalue weighted by Gasteiger charge is -2.27. The van der Waals surface area contributed by atoms with Crippen LogP contribution in [0.2, 0.25) is 0 Å². The maximum absolute atomic E-state index is 12.5. The van der Waals surface area contributed by atoms with E-state index in [0.717, 1.165) is 38.7 Å². The summed E-state index contributed by atoms with van der Waals surface area (Å²) in [4.78, 5) is 33.8. The second kappa shape index (κ2) is 8.34. The second-order valence-electron chi connectivity index (χ2n) is 6.45. The van der Waals surface area contributed by atoms with E-state index in [4.69, 9.17) is 0 Å².